The third-order valence-electron chi connectivity index (χ3n) is 1.01. The van der Waals surface area contributed by atoms with Gasteiger partial charge in [0.15, 0.2) is 0 Å². The Labute approximate surface area is 60.3 Å². The fourth-order valence-electron chi connectivity index (χ4n) is 0.597. The van der Waals surface area contributed by atoms with Crippen molar-refractivity contribution in [2.75, 3.05) is 27.7 Å². The predicted octanol–water partition coefficient (Wildman–Crippen LogP) is -0.862. The van der Waals surface area contributed by atoms with Crippen molar-refractivity contribution < 1.29 is 19.5 Å². The molecule has 0 radical (unpaired) electrons. The number of hydrogen-bond donors (Lipinski definition) is 2. The summed E-state index contributed by atoms with van der Waals surface area (Å²) in [5.41, 5.74) is 0. The van der Waals surface area contributed by atoms with Crippen LogP contribution >= 0.6 is 0 Å². The van der Waals surface area contributed by atoms with E-state index in [1.807, 2.05) is 21.1 Å². The third-order valence-corrected chi connectivity index (χ3v) is 1.01. The summed E-state index contributed by atoms with van der Waals surface area (Å²) in [5, 5.41) is 17.1. The summed E-state index contributed by atoms with van der Waals surface area (Å²) < 4.78 is 0.452. The summed E-state index contributed by atoms with van der Waals surface area (Å²) in [6.07, 6.45) is -1.25. The highest BCUT2D eigenvalue weighted by molar-refractivity contribution is 5.71. The molecule has 2 N–H and O–H groups in total. The van der Waals surface area contributed by atoms with E-state index < -0.39 is 12.1 Å². The minimum Gasteiger partial charge on any atom is -0.479 e. The molecule has 4 heteroatoms. The molecular weight excluding hydrogens is 134 g/mol. The van der Waals surface area contributed by atoms with Crippen LogP contribution in [0.1, 0.15) is 0 Å². The number of quaternary nitrogens is 1. The molecule has 0 saturated heterocycles. The van der Waals surface area contributed by atoms with Crippen LogP contribution in [0.2, 0.25) is 0 Å². The second-order valence-corrected chi connectivity index (χ2v) is 3.33. The normalized spacial score (nSPS) is 14.8. The van der Waals surface area contributed by atoms with Gasteiger partial charge in [0.25, 0.3) is 0 Å². The Bertz CT molecular complexity index is 127. The van der Waals surface area contributed by atoms with Crippen molar-refractivity contribution in [1.29, 1.82) is 0 Å². The summed E-state index contributed by atoms with van der Waals surface area (Å²) in [6, 6.07) is 0. The van der Waals surface area contributed by atoms with Crippen LogP contribution in [0, 0.1) is 0 Å². The van der Waals surface area contributed by atoms with Gasteiger partial charge in [-0.3, -0.25) is 0 Å². The van der Waals surface area contributed by atoms with E-state index in [2.05, 4.69) is 0 Å². The average Bonchev–Trinajstić information content (AvgIpc) is 1.60. The second-order valence-electron chi connectivity index (χ2n) is 3.33. The molecule has 10 heavy (non-hydrogen) atoms. The lowest BCUT2D eigenvalue weighted by Gasteiger charge is -2.24. The Morgan fingerprint density at radius 2 is 1.90 bits per heavy atom. The zero-order chi connectivity index (χ0) is 8.36. The van der Waals surface area contributed by atoms with Crippen molar-refractivity contribution >= 4 is 5.97 Å². The maximum atomic E-state index is 10.1. The van der Waals surface area contributed by atoms with Crippen LogP contribution in [0.25, 0.3) is 0 Å². The summed E-state index contributed by atoms with van der Waals surface area (Å²) in [6.45, 7) is 0.231. The molecule has 1 atom stereocenters. The Kier molecular flexibility index (Phi) is 2.80. The number of carboxylic acids is 1. The Hall–Kier alpha value is -0.610. The average molecular weight is 148 g/mol. The minimum atomic E-state index is -1.25. The molecule has 0 aromatic carbocycles. The highest BCUT2D eigenvalue weighted by Crippen LogP contribution is 1.93. The number of nitrogens with zero attached hydrogens (tertiary/aromatic N) is 1. The fraction of sp³-hybridized carbons (Fsp3) is 0.833. The van der Waals surface area contributed by atoms with E-state index in [4.69, 9.17) is 10.2 Å². The largest absolute Gasteiger partial charge is 0.479 e. The van der Waals surface area contributed by atoms with Crippen LogP contribution in [0.3, 0.4) is 0 Å². The highest BCUT2D eigenvalue weighted by atomic mass is 16.4. The second kappa shape index (κ2) is 2.98. The molecule has 0 rings (SSSR count). The molecular formula is C6H14NO3+. The molecule has 0 unspecified atom stereocenters. The number of carbonyl (C=O) groups is 1. The lowest BCUT2D eigenvalue weighted by molar-refractivity contribution is -0.872. The summed E-state index contributed by atoms with van der Waals surface area (Å²) in [4.78, 5) is 10.1. The number of aliphatic hydroxyl groups is 1. The molecule has 0 saturated carbocycles. The molecule has 4 nitrogen and oxygen atoms in total. The molecule has 0 heterocycles. The van der Waals surface area contributed by atoms with Crippen molar-refractivity contribution in [1.82, 2.24) is 0 Å². The van der Waals surface area contributed by atoms with Crippen molar-refractivity contribution in [2.24, 2.45) is 0 Å². The lowest BCUT2D eigenvalue weighted by atomic mass is 10.3. The standard InChI is InChI=1S/C6H13NO3/c1-7(2,3)4-5(8)6(9)10/h5,8H,4H2,1-3H3/p+1/t5-/m1/s1. The molecule has 0 aromatic heterocycles. The first kappa shape index (κ1) is 9.39. The van der Waals surface area contributed by atoms with Crippen LogP contribution in [-0.2, 0) is 4.79 Å². The van der Waals surface area contributed by atoms with Crippen LogP contribution in [0.4, 0.5) is 0 Å². The summed E-state index contributed by atoms with van der Waals surface area (Å²) in [5.74, 6) is -1.16. The van der Waals surface area contributed by atoms with Crippen LogP contribution in [0.5, 0.6) is 0 Å². The zero-order valence-corrected chi connectivity index (χ0v) is 6.53. The maximum absolute atomic E-state index is 10.1. The van der Waals surface area contributed by atoms with Crippen LogP contribution < -0.4 is 0 Å². The van der Waals surface area contributed by atoms with Crippen molar-refractivity contribution in [3.63, 3.8) is 0 Å². The van der Waals surface area contributed by atoms with E-state index in [0.29, 0.717) is 4.48 Å². The topological polar surface area (TPSA) is 57.5 Å². The number of carboxylic acid groups (broad SMARTS) is 1. The molecule has 0 amide bonds. The first-order valence-corrected chi connectivity index (χ1v) is 3.04. The Morgan fingerprint density at radius 3 is 2.00 bits per heavy atom. The van der Waals surface area contributed by atoms with Gasteiger partial charge in [-0.05, 0) is 0 Å². The number of hydrogen-bond acceptors (Lipinski definition) is 2. The van der Waals surface area contributed by atoms with Crippen LogP contribution in [-0.4, -0.2) is 54.5 Å². The zero-order valence-electron chi connectivity index (χ0n) is 6.53. The van der Waals surface area contributed by atoms with Gasteiger partial charge in [-0.1, -0.05) is 0 Å². The highest BCUT2D eigenvalue weighted by Gasteiger charge is 2.21. The SMILES string of the molecule is C[N+](C)(C)C[C@@H](O)C(=O)O. The molecule has 0 aliphatic rings. The van der Waals surface area contributed by atoms with E-state index in [1.165, 1.54) is 0 Å². The smallest absolute Gasteiger partial charge is 0.338 e. The van der Waals surface area contributed by atoms with Gasteiger partial charge < -0.3 is 14.7 Å². The molecule has 0 fully saturated rings. The van der Waals surface area contributed by atoms with Crippen LogP contribution in [0.15, 0.2) is 0 Å². The van der Waals surface area contributed by atoms with Crippen molar-refractivity contribution in [2.45, 2.75) is 6.10 Å². The first-order chi connectivity index (χ1) is 4.33. The van der Waals surface area contributed by atoms with Gasteiger partial charge in [0.05, 0.1) is 21.1 Å². The van der Waals surface area contributed by atoms with Gasteiger partial charge in [0, 0.05) is 0 Å². The summed E-state index contributed by atoms with van der Waals surface area (Å²) in [7, 11) is 5.48. The number of aliphatic carboxylic acids is 1. The quantitative estimate of drug-likeness (QED) is 0.512. The van der Waals surface area contributed by atoms with Crippen molar-refractivity contribution in [3.05, 3.63) is 0 Å². The Balaban J connectivity index is 3.80. The predicted molar refractivity (Wildman–Crippen MR) is 36.5 cm³/mol. The number of likely N-dealkylation sites (N-methyl/N-ethyl adjacent to an activating group) is 1. The molecule has 0 aromatic rings. The lowest BCUT2D eigenvalue weighted by Crippen LogP contribution is -2.44. The molecule has 0 spiro atoms. The van der Waals surface area contributed by atoms with E-state index in [-0.39, 0.29) is 6.54 Å². The van der Waals surface area contributed by atoms with Gasteiger partial charge in [-0.15, -0.1) is 0 Å². The van der Waals surface area contributed by atoms with Gasteiger partial charge in [-0.25, -0.2) is 4.79 Å². The van der Waals surface area contributed by atoms with Gasteiger partial charge in [-0.2, -0.15) is 0 Å². The van der Waals surface area contributed by atoms with Gasteiger partial charge in [0.2, 0.25) is 6.10 Å². The van der Waals surface area contributed by atoms with E-state index in [0.717, 1.165) is 0 Å². The molecule has 0 aliphatic carbocycles. The van der Waals surface area contributed by atoms with Gasteiger partial charge >= 0.3 is 5.97 Å². The molecule has 0 aliphatic heterocycles. The van der Waals surface area contributed by atoms with E-state index in [9.17, 15) is 4.79 Å². The maximum Gasteiger partial charge on any atom is 0.338 e. The Morgan fingerprint density at radius 1 is 1.50 bits per heavy atom. The monoisotopic (exact) mass is 148 g/mol. The fourth-order valence-corrected chi connectivity index (χ4v) is 0.597. The molecule has 0 bridgehead atoms. The summed E-state index contributed by atoms with van der Waals surface area (Å²) >= 11 is 0. The minimum absolute atomic E-state index is 0.231. The number of rotatable bonds is 3. The third kappa shape index (κ3) is 4.29. The van der Waals surface area contributed by atoms with E-state index in [1.54, 1.807) is 0 Å². The number of aliphatic hydroxyl groups excluding tert-OH is 1. The van der Waals surface area contributed by atoms with Crippen molar-refractivity contribution in [3.8, 4) is 0 Å². The van der Waals surface area contributed by atoms with Gasteiger partial charge in [0.1, 0.15) is 6.54 Å². The van der Waals surface area contributed by atoms with E-state index >= 15 is 0 Å². The first-order valence-electron chi connectivity index (χ1n) is 3.04. The molecule has 60 valence electrons.